The predicted octanol–water partition coefficient (Wildman–Crippen LogP) is 2.89. The Morgan fingerprint density at radius 3 is 2.77 bits per heavy atom. The number of rotatable bonds is 5. The van der Waals surface area contributed by atoms with Gasteiger partial charge in [-0.2, -0.15) is 0 Å². The molecule has 2 heterocycles. The fourth-order valence-corrected chi connectivity index (χ4v) is 3.61. The number of piperazine rings is 1. The molecule has 4 nitrogen and oxygen atoms in total. The molecule has 4 rings (SSSR count). The number of fused-ring (bicyclic) bond motifs is 1. The molecule has 3 aromatic rings. The third-order valence-corrected chi connectivity index (χ3v) is 5.06. The summed E-state index contributed by atoms with van der Waals surface area (Å²) in [7, 11) is 0. The number of nitrogens with zero attached hydrogens (tertiary/aromatic N) is 1. The van der Waals surface area contributed by atoms with Gasteiger partial charge in [-0.1, -0.05) is 30.3 Å². The molecule has 5 heteroatoms. The first-order valence-electron chi connectivity index (χ1n) is 9.02. The minimum Gasteiger partial charge on any atom is -0.361 e. The van der Waals surface area contributed by atoms with Crippen molar-refractivity contribution in [2.75, 3.05) is 19.6 Å². The number of aromatic nitrogens is 1. The lowest BCUT2D eigenvalue weighted by Gasteiger charge is -2.33. The molecule has 134 valence electrons. The normalized spacial score (nSPS) is 17.8. The molecule has 1 atom stereocenters. The minimum atomic E-state index is -0.231. The molecule has 0 unspecified atom stereocenters. The molecule has 1 aliphatic rings. The van der Waals surface area contributed by atoms with Crippen LogP contribution in [0.15, 0.2) is 54.7 Å². The second-order valence-electron chi connectivity index (χ2n) is 6.77. The monoisotopic (exact) mass is 351 g/mol. The van der Waals surface area contributed by atoms with Crippen LogP contribution in [0.1, 0.15) is 11.1 Å². The van der Waals surface area contributed by atoms with E-state index in [4.69, 9.17) is 0 Å². The van der Waals surface area contributed by atoms with Crippen molar-refractivity contribution in [1.29, 1.82) is 0 Å². The van der Waals surface area contributed by atoms with Gasteiger partial charge in [0.05, 0.1) is 6.04 Å². The van der Waals surface area contributed by atoms with Gasteiger partial charge in [0.15, 0.2) is 0 Å². The number of aromatic amines is 1. The van der Waals surface area contributed by atoms with E-state index in [1.807, 2.05) is 29.3 Å². The highest BCUT2D eigenvalue weighted by molar-refractivity contribution is 5.86. The highest BCUT2D eigenvalue weighted by Gasteiger charge is 2.28. The van der Waals surface area contributed by atoms with Gasteiger partial charge in [-0.3, -0.25) is 4.79 Å². The Morgan fingerprint density at radius 2 is 1.92 bits per heavy atom. The number of amides is 1. The molecular formula is C21H22FN3O. The Bertz CT molecular complexity index is 903. The number of halogens is 1. The number of carbonyl (C=O) groups excluding carboxylic acids is 1. The van der Waals surface area contributed by atoms with Crippen molar-refractivity contribution in [3.05, 3.63) is 71.7 Å². The lowest BCUT2D eigenvalue weighted by atomic mass is 10.0. The Morgan fingerprint density at radius 1 is 1.12 bits per heavy atom. The summed E-state index contributed by atoms with van der Waals surface area (Å²) in [6, 6.07) is 14.5. The minimum absolute atomic E-state index is 0.142. The van der Waals surface area contributed by atoms with Crippen LogP contribution < -0.4 is 5.32 Å². The third-order valence-electron chi connectivity index (χ3n) is 5.06. The summed E-state index contributed by atoms with van der Waals surface area (Å²) in [6.07, 6.45) is 3.42. The van der Waals surface area contributed by atoms with Gasteiger partial charge in [-0.25, -0.2) is 4.39 Å². The van der Waals surface area contributed by atoms with Crippen LogP contribution in [0.4, 0.5) is 4.39 Å². The summed E-state index contributed by atoms with van der Waals surface area (Å²) >= 11 is 0. The SMILES string of the molecule is O=C1[C@H](Cc2c[nH]c3ccccc23)NCCN1CCc1ccc(F)cc1. The van der Waals surface area contributed by atoms with Crippen molar-refractivity contribution in [2.45, 2.75) is 18.9 Å². The Labute approximate surface area is 152 Å². The number of hydrogen-bond acceptors (Lipinski definition) is 2. The molecule has 0 radical (unpaired) electrons. The first-order chi connectivity index (χ1) is 12.7. The quantitative estimate of drug-likeness (QED) is 0.743. The first-order valence-corrected chi connectivity index (χ1v) is 9.02. The second-order valence-corrected chi connectivity index (χ2v) is 6.77. The number of carbonyl (C=O) groups is 1. The van der Waals surface area contributed by atoms with E-state index in [2.05, 4.69) is 16.4 Å². The summed E-state index contributed by atoms with van der Waals surface area (Å²) in [5.41, 5.74) is 3.30. The van der Waals surface area contributed by atoms with Gasteiger partial charge in [-0.15, -0.1) is 0 Å². The molecule has 0 saturated carbocycles. The number of hydrogen-bond donors (Lipinski definition) is 2. The van der Waals surface area contributed by atoms with Crippen molar-refractivity contribution in [1.82, 2.24) is 15.2 Å². The molecule has 2 N–H and O–H groups in total. The Hall–Kier alpha value is -2.66. The van der Waals surface area contributed by atoms with Crippen LogP contribution in [-0.2, 0) is 17.6 Å². The lowest BCUT2D eigenvalue weighted by molar-refractivity contribution is -0.135. The largest absolute Gasteiger partial charge is 0.361 e. The number of H-pyrrole nitrogens is 1. The van der Waals surface area contributed by atoms with E-state index in [-0.39, 0.29) is 17.8 Å². The van der Waals surface area contributed by atoms with Gasteiger partial charge in [0.25, 0.3) is 0 Å². The maximum atomic E-state index is 13.0. The number of para-hydroxylation sites is 1. The van der Waals surface area contributed by atoms with Crippen LogP contribution >= 0.6 is 0 Å². The van der Waals surface area contributed by atoms with Gasteiger partial charge < -0.3 is 15.2 Å². The van der Waals surface area contributed by atoms with Gasteiger partial charge in [-0.05, 0) is 42.2 Å². The fraction of sp³-hybridized carbons (Fsp3) is 0.286. The van der Waals surface area contributed by atoms with E-state index in [0.717, 1.165) is 29.6 Å². The third kappa shape index (κ3) is 3.48. The summed E-state index contributed by atoms with van der Waals surface area (Å²) in [6.45, 7) is 2.17. The highest BCUT2D eigenvalue weighted by Crippen LogP contribution is 2.20. The van der Waals surface area contributed by atoms with Crippen molar-refractivity contribution >= 4 is 16.8 Å². The van der Waals surface area contributed by atoms with Crippen LogP contribution in [0.25, 0.3) is 10.9 Å². The Balaban J connectivity index is 1.41. The average molecular weight is 351 g/mol. The zero-order chi connectivity index (χ0) is 17.9. The first kappa shape index (κ1) is 16.8. The van der Waals surface area contributed by atoms with Crippen molar-refractivity contribution in [3.63, 3.8) is 0 Å². The van der Waals surface area contributed by atoms with E-state index in [0.29, 0.717) is 19.5 Å². The summed E-state index contributed by atoms with van der Waals surface area (Å²) in [5.74, 6) is -0.0885. The molecule has 1 aliphatic heterocycles. The predicted molar refractivity (Wildman–Crippen MR) is 100 cm³/mol. The maximum Gasteiger partial charge on any atom is 0.240 e. The van der Waals surface area contributed by atoms with E-state index in [1.54, 1.807) is 12.1 Å². The summed E-state index contributed by atoms with van der Waals surface area (Å²) in [5, 5.41) is 4.52. The van der Waals surface area contributed by atoms with Crippen molar-refractivity contribution < 1.29 is 9.18 Å². The Kier molecular flexibility index (Phi) is 4.71. The molecule has 2 aromatic carbocycles. The smallest absolute Gasteiger partial charge is 0.240 e. The van der Waals surface area contributed by atoms with Crippen LogP contribution in [0.5, 0.6) is 0 Å². The molecule has 1 fully saturated rings. The van der Waals surface area contributed by atoms with Crippen LogP contribution in [-0.4, -0.2) is 41.5 Å². The summed E-state index contributed by atoms with van der Waals surface area (Å²) < 4.78 is 13.0. The van der Waals surface area contributed by atoms with E-state index in [9.17, 15) is 9.18 Å². The molecule has 0 bridgehead atoms. The van der Waals surface area contributed by atoms with Crippen molar-refractivity contribution in [3.8, 4) is 0 Å². The van der Waals surface area contributed by atoms with Crippen molar-refractivity contribution in [2.24, 2.45) is 0 Å². The zero-order valence-electron chi connectivity index (χ0n) is 14.5. The zero-order valence-corrected chi connectivity index (χ0v) is 14.5. The highest BCUT2D eigenvalue weighted by atomic mass is 19.1. The van der Waals surface area contributed by atoms with E-state index < -0.39 is 0 Å². The molecule has 1 saturated heterocycles. The van der Waals surface area contributed by atoms with Gasteiger partial charge in [0.1, 0.15) is 5.82 Å². The summed E-state index contributed by atoms with van der Waals surface area (Å²) in [4.78, 5) is 18.0. The topological polar surface area (TPSA) is 48.1 Å². The molecule has 0 spiro atoms. The number of benzene rings is 2. The lowest BCUT2D eigenvalue weighted by Crippen LogP contribution is -2.56. The molecule has 0 aliphatic carbocycles. The van der Waals surface area contributed by atoms with Crippen LogP contribution in [0, 0.1) is 5.82 Å². The van der Waals surface area contributed by atoms with Gasteiger partial charge >= 0.3 is 0 Å². The second kappa shape index (κ2) is 7.30. The molecule has 1 amide bonds. The number of nitrogens with one attached hydrogen (secondary N) is 2. The van der Waals surface area contributed by atoms with Crippen LogP contribution in [0.2, 0.25) is 0 Å². The molecule has 26 heavy (non-hydrogen) atoms. The maximum absolute atomic E-state index is 13.0. The standard InChI is InChI=1S/C21H22FN3O/c22-17-7-5-15(6-8-17)9-11-25-12-10-23-20(21(25)26)13-16-14-24-19-4-2-1-3-18(16)19/h1-8,14,20,23-24H,9-13H2/t20-/m0/s1. The average Bonchev–Trinajstić information content (AvgIpc) is 3.07. The fourth-order valence-electron chi connectivity index (χ4n) is 3.61. The molecular weight excluding hydrogens is 329 g/mol. The van der Waals surface area contributed by atoms with Gasteiger partial charge in [0.2, 0.25) is 5.91 Å². The van der Waals surface area contributed by atoms with Gasteiger partial charge in [0, 0.05) is 36.7 Å². The van der Waals surface area contributed by atoms with E-state index >= 15 is 0 Å². The molecule has 1 aromatic heterocycles. The van der Waals surface area contributed by atoms with Crippen LogP contribution in [0.3, 0.4) is 0 Å². The van der Waals surface area contributed by atoms with E-state index in [1.165, 1.54) is 17.5 Å².